The Morgan fingerprint density at radius 3 is 1.29 bits per heavy atom. The third-order valence-electron chi connectivity index (χ3n) is 1.12. The third-order valence-corrected chi connectivity index (χ3v) is 1.12. The van der Waals surface area contributed by atoms with Gasteiger partial charge in [-0.2, -0.15) is 0 Å². The van der Waals surface area contributed by atoms with Crippen LogP contribution in [0.15, 0.2) is 0 Å². The summed E-state index contributed by atoms with van der Waals surface area (Å²) in [4.78, 5) is 10.8. The second kappa shape index (κ2) is 6.21. The van der Waals surface area contributed by atoms with Gasteiger partial charge in [0.25, 0.3) is 0 Å². The van der Waals surface area contributed by atoms with Gasteiger partial charge < -0.3 is 0 Å². The highest BCUT2D eigenvalue weighted by Crippen LogP contribution is 2.19. The van der Waals surface area contributed by atoms with Gasteiger partial charge in [0.15, 0.2) is 0 Å². The van der Waals surface area contributed by atoms with Crippen molar-refractivity contribution in [1.82, 2.24) is 0 Å². The Balaban J connectivity index is 0. The molecule has 0 fully saturated rings. The molecule has 0 radical (unpaired) electrons. The van der Waals surface area contributed by atoms with Crippen LogP contribution < -0.4 is 0 Å². The van der Waals surface area contributed by atoms with Crippen LogP contribution in [0.1, 0.15) is 68.2 Å². The fourth-order valence-corrected chi connectivity index (χ4v) is 0.717. The Kier molecular flexibility index (Phi) is 7.15. The molecule has 0 unspecified atom stereocenters. The molecule has 0 heterocycles. The van der Waals surface area contributed by atoms with Gasteiger partial charge in [-0.3, -0.25) is 4.79 Å². The molecule has 1 heteroatoms. The number of carbonyl (C=O) groups excluding carboxylic acids is 1. The smallest absolute Gasteiger partial charge is 0.133 e. The first-order chi connectivity index (χ1) is 5.95. The average molecular weight is 200 g/mol. The van der Waals surface area contributed by atoms with Gasteiger partial charge in [-0.15, -0.1) is 0 Å². The minimum absolute atomic E-state index is 0.174. The van der Waals surface area contributed by atoms with E-state index in [2.05, 4.69) is 48.5 Å². The largest absolute Gasteiger partial charge is 0.300 e. The van der Waals surface area contributed by atoms with E-state index in [1.807, 2.05) is 6.92 Å². The van der Waals surface area contributed by atoms with Crippen LogP contribution >= 0.6 is 0 Å². The molecule has 0 aromatic carbocycles. The van der Waals surface area contributed by atoms with Crippen LogP contribution in [-0.4, -0.2) is 5.78 Å². The number of hydrogen-bond donors (Lipinski definition) is 0. The molecule has 0 amide bonds. The molecule has 0 atom stereocenters. The van der Waals surface area contributed by atoms with E-state index in [0.29, 0.717) is 24.0 Å². The first kappa shape index (κ1) is 16.1. The lowest BCUT2D eigenvalue weighted by Crippen LogP contribution is -2.11. The Morgan fingerprint density at radius 2 is 1.21 bits per heavy atom. The Morgan fingerprint density at radius 1 is 0.929 bits per heavy atom. The van der Waals surface area contributed by atoms with Crippen LogP contribution in [0.3, 0.4) is 0 Å². The first-order valence-corrected chi connectivity index (χ1v) is 5.47. The molecule has 0 aliphatic rings. The van der Waals surface area contributed by atoms with Crippen molar-refractivity contribution in [3.05, 3.63) is 0 Å². The van der Waals surface area contributed by atoms with Crippen molar-refractivity contribution in [2.75, 3.05) is 0 Å². The normalized spacial score (nSPS) is 11.7. The second-order valence-electron chi connectivity index (χ2n) is 6.63. The van der Waals surface area contributed by atoms with Gasteiger partial charge in [-0.1, -0.05) is 55.4 Å². The summed E-state index contributed by atoms with van der Waals surface area (Å²) in [5.74, 6) is 0.363. The highest BCUT2D eigenvalue weighted by Gasteiger charge is 2.13. The molecule has 0 saturated carbocycles. The fraction of sp³-hybridized carbons (Fsp3) is 0.923. The zero-order valence-corrected chi connectivity index (χ0v) is 11.3. The van der Waals surface area contributed by atoms with E-state index in [9.17, 15) is 4.79 Å². The van der Waals surface area contributed by atoms with Gasteiger partial charge in [-0.25, -0.2) is 0 Å². The summed E-state index contributed by atoms with van der Waals surface area (Å²) in [7, 11) is 0. The molecule has 0 saturated heterocycles. The maximum absolute atomic E-state index is 10.8. The summed E-state index contributed by atoms with van der Waals surface area (Å²) in [5, 5.41) is 0. The standard InChI is InChI=1S/C8H16O.C5H12/c1-5-7(9)6-8(2,3)4;1-5(2,3)4/h5-6H2,1-4H3;1-4H3. The van der Waals surface area contributed by atoms with Crippen LogP contribution in [-0.2, 0) is 4.79 Å². The highest BCUT2D eigenvalue weighted by atomic mass is 16.1. The number of carbonyl (C=O) groups is 1. The lowest BCUT2D eigenvalue weighted by atomic mass is 9.89. The van der Waals surface area contributed by atoms with Crippen molar-refractivity contribution < 1.29 is 4.79 Å². The topological polar surface area (TPSA) is 17.1 Å². The predicted molar refractivity (Wildman–Crippen MR) is 64.5 cm³/mol. The molecule has 0 spiro atoms. The molecule has 0 rings (SSSR count). The molecular weight excluding hydrogens is 172 g/mol. The van der Waals surface area contributed by atoms with Crippen molar-refractivity contribution in [1.29, 1.82) is 0 Å². The molecule has 0 aliphatic carbocycles. The zero-order valence-electron chi connectivity index (χ0n) is 11.3. The van der Waals surface area contributed by atoms with Crippen molar-refractivity contribution in [3.63, 3.8) is 0 Å². The minimum Gasteiger partial charge on any atom is -0.300 e. The van der Waals surface area contributed by atoms with Gasteiger partial charge in [0, 0.05) is 12.8 Å². The van der Waals surface area contributed by atoms with E-state index in [0.717, 1.165) is 0 Å². The SMILES string of the molecule is CC(C)(C)C.CCC(=O)CC(C)(C)C. The molecule has 0 aromatic heterocycles. The van der Waals surface area contributed by atoms with Gasteiger partial charge in [-0.05, 0) is 10.8 Å². The van der Waals surface area contributed by atoms with E-state index in [4.69, 9.17) is 0 Å². The number of rotatable bonds is 2. The molecule has 0 aliphatic heterocycles. The van der Waals surface area contributed by atoms with E-state index < -0.39 is 0 Å². The van der Waals surface area contributed by atoms with Gasteiger partial charge >= 0.3 is 0 Å². The van der Waals surface area contributed by atoms with Crippen molar-refractivity contribution in [2.45, 2.75) is 68.2 Å². The summed E-state index contributed by atoms with van der Waals surface area (Å²) < 4.78 is 0. The third kappa shape index (κ3) is 29.9. The van der Waals surface area contributed by atoms with Gasteiger partial charge in [0.2, 0.25) is 0 Å². The highest BCUT2D eigenvalue weighted by molar-refractivity contribution is 5.78. The number of Topliss-reactive ketones (excluding diaryl/α,β-unsaturated/α-hetero) is 1. The van der Waals surface area contributed by atoms with Crippen LogP contribution in [0.25, 0.3) is 0 Å². The van der Waals surface area contributed by atoms with E-state index >= 15 is 0 Å². The molecule has 86 valence electrons. The number of hydrogen-bond acceptors (Lipinski definition) is 1. The molecule has 0 aromatic rings. The maximum Gasteiger partial charge on any atom is 0.133 e. The fourth-order valence-electron chi connectivity index (χ4n) is 0.717. The lowest BCUT2D eigenvalue weighted by molar-refractivity contribution is -0.120. The summed E-state index contributed by atoms with van der Waals surface area (Å²) >= 11 is 0. The van der Waals surface area contributed by atoms with Crippen LogP contribution in [0.4, 0.5) is 0 Å². The maximum atomic E-state index is 10.8. The van der Waals surface area contributed by atoms with Crippen molar-refractivity contribution >= 4 is 5.78 Å². The predicted octanol–water partition coefficient (Wildman–Crippen LogP) is 4.45. The van der Waals surface area contributed by atoms with Crippen LogP contribution in [0.5, 0.6) is 0 Å². The van der Waals surface area contributed by atoms with E-state index in [1.54, 1.807) is 0 Å². The quantitative estimate of drug-likeness (QED) is 0.643. The minimum atomic E-state index is 0.174. The second-order valence-corrected chi connectivity index (χ2v) is 6.63. The zero-order chi connectivity index (χ0) is 12.0. The Bertz CT molecular complexity index is 149. The summed E-state index contributed by atoms with van der Waals surface area (Å²) in [6, 6.07) is 0. The lowest BCUT2D eigenvalue weighted by Gasteiger charge is -2.15. The molecule has 1 nitrogen and oxygen atoms in total. The number of ketones is 1. The molecule has 14 heavy (non-hydrogen) atoms. The van der Waals surface area contributed by atoms with Gasteiger partial charge in [0.1, 0.15) is 5.78 Å². The first-order valence-electron chi connectivity index (χ1n) is 5.47. The van der Waals surface area contributed by atoms with Crippen LogP contribution in [0.2, 0.25) is 0 Å². The van der Waals surface area contributed by atoms with Crippen molar-refractivity contribution in [2.24, 2.45) is 10.8 Å². The van der Waals surface area contributed by atoms with Crippen LogP contribution in [0, 0.1) is 10.8 Å². The molecular formula is C13H28O. The van der Waals surface area contributed by atoms with Gasteiger partial charge in [0.05, 0.1) is 0 Å². The molecule has 0 N–H and O–H groups in total. The van der Waals surface area contributed by atoms with Crippen molar-refractivity contribution in [3.8, 4) is 0 Å². The summed E-state index contributed by atoms with van der Waals surface area (Å²) in [6.45, 7) is 16.9. The molecule has 0 bridgehead atoms. The van der Waals surface area contributed by atoms with E-state index in [-0.39, 0.29) is 5.41 Å². The summed E-state index contributed by atoms with van der Waals surface area (Å²) in [6.07, 6.45) is 1.39. The average Bonchev–Trinajstić information content (AvgIpc) is 1.79. The monoisotopic (exact) mass is 200 g/mol. The Hall–Kier alpha value is -0.330. The van der Waals surface area contributed by atoms with E-state index in [1.165, 1.54) is 0 Å². The summed E-state index contributed by atoms with van der Waals surface area (Å²) in [5.41, 5.74) is 0.674. The Labute approximate surface area is 90.3 Å².